The molecule has 15 heavy (non-hydrogen) atoms. The number of nitrogens with one attached hydrogen (secondary N) is 1. The van der Waals surface area contributed by atoms with Gasteiger partial charge in [0.2, 0.25) is 0 Å². The molecule has 0 saturated heterocycles. The Morgan fingerprint density at radius 1 is 1.47 bits per heavy atom. The Labute approximate surface area is 86.0 Å². The number of hydrogen-bond donors (Lipinski definition) is 1. The van der Waals surface area contributed by atoms with Crippen LogP contribution >= 0.6 is 0 Å². The molecule has 0 aromatic heterocycles. The molecule has 0 radical (unpaired) electrons. The lowest BCUT2D eigenvalue weighted by Gasteiger charge is -2.02. The van der Waals surface area contributed by atoms with Crippen molar-refractivity contribution in [2.45, 2.75) is 0 Å². The average Bonchev–Trinajstić information content (AvgIpc) is 2.71. The summed E-state index contributed by atoms with van der Waals surface area (Å²) in [6, 6.07) is 8.00. The number of nitrogens with zero attached hydrogens (tertiary/aromatic N) is 2. The third kappa shape index (κ3) is 1.94. The zero-order valence-corrected chi connectivity index (χ0v) is 7.73. The summed E-state index contributed by atoms with van der Waals surface area (Å²) in [5.41, 5.74) is 5.36. The zero-order valence-electron chi connectivity index (χ0n) is 7.73. The van der Waals surface area contributed by atoms with Crippen molar-refractivity contribution >= 4 is 12.3 Å². The predicted octanol–water partition coefficient (Wildman–Crippen LogP) is 0.615. The highest BCUT2D eigenvalue weighted by Gasteiger charge is 2.22. The van der Waals surface area contributed by atoms with Crippen molar-refractivity contribution in [2.24, 2.45) is 5.10 Å². The van der Waals surface area contributed by atoms with Crippen LogP contribution in [0.25, 0.3) is 11.1 Å². The van der Waals surface area contributed by atoms with E-state index in [2.05, 4.69) is 21.3 Å². The minimum atomic E-state index is -0.206. The van der Waals surface area contributed by atoms with Gasteiger partial charge in [-0.05, 0) is 0 Å². The Morgan fingerprint density at radius 3 is 2.53 bits per heavy atom. The first-order valence-corrected chi connectivity index (χ1v) is 4.28. The van der Waals surface area contributed by atoms with Crippen LogP contribution in [0.4, 0.5) is 0 Å². The molecule has 1 heterocycles. The number of rotatable bonds is 0. The van der Waals surface area contributed by atoms with E-state index in [1.165, 1.54) is 6.40 Å². The van der Waals surface area contributed by atoms with E-state index >= 15 is 0 Å². The molecule has 3 aliphatic rings. The number of ether oxygens (including phenoxy) is 1. The molecular weight excluding hydrogens is 194 g/mol. The molecule has 0 atom stereocenters. The number of hydrogen-bond acceptors (Lipinski definition) is 4. The van der Waals surface area contributed by atoms with Crippen molar-refractivity contribution < 1.29 is 9.53 Å². The van der Waals surface area contributed by atoms with Gasteiger partial charge in [-0.2, -0.15) is 5.26 Å². The van der Waals surface area contributed by atoms with E-state index in [4.69, 9.17) is 5.26 Å². The molecule has 0 bridgehead atoms. The molecule has 0 aromatic rings. The van der Waals surface area contributed by atoms with Crippen LogP contribution in [0.2, 0.25) is 0 Å². The average molecular weight is 201 g/mol. The van der Waals surface area contributed by atoms with Crippen LogP contribution < -0.4 is 5.43 Å². The second-order valence-corrected chi connectivity index (χ2v) is 2.92. The number of nitriles is 1. The van der Waals surface area contributed by atoms with E-state index in [1.807, 2.05) is 18.2 Å². The largest absolute Gasteiger partial charge is 0.472 e. The van der Waals surface area contributed by atoms with Crippen LogP contribution in [0.15, 0.2) is 23.3 Å². The Bertz CT molecular complexity index is 454. The molecule has 1 amide bonds. The number of fused-ring (bicyclic) bond motifs is 1. The molecule has 3 rings (SSSR count). The van der Waals surface area contributed by atoms with Gasteiger partial charge in [0.05, 0.1) is 5.56 Å². The topological polar surface area (TPSA) is 74.5 Å². The molecular formula is C10H7N3O2. The third-order valence-corrected chi connectivity index (χ3v) is 1.93. The van der Waals surface area contributed by atoms with Crippen molar-refractivity contribution in [3.05, 3.63) is 23.8 Å². The van der Waals surface area contributed by atoms with Crippen LogP contribution in [0.3, 0.4) is 0 Å². The Balaban J connectivity index is 0.000000115. The lowest BCUT2D eigenvalue weighted by Crippen LogP contribution is -2.26. The number of amides is 1. The van der Waals surface area contributed by atoms with Crippen molar-refractivity contribution in [1.82, 2.24) is 5.43 Å². The maximum absolute atomic E-state index is 10.1. The van der Waals surface area contributed by atoms with E-state index < -0.39 is 0 Å². The van der Waals surface area contributed by atoms with Crippen LogP contribution in [0.1, 0.15) is 5.56 Å². The zero-order chi connectivity index (χ0) is 10.7. The van der Waals surface area contributed by atoms with Gasteiger partial charge in [-0.15, -0.1) is 5.10 Å². The fourth-order valence-electron chi connectivity index (χ4n) is 1.21. The Morgan fingerprint density at radius 2 is 2.20 bits per heavy atom. The number of benzene rings is 1. The van der Waals surface area contributed by atoms with E-state index in [0.717, 1.165) is 16.7 Å². The van der Waals surface area contributed by atoms with Gasteiger partial charge in [-0.25, -0.2) is 5.43 Å². The molecule has 1 aliphatic heterocycles. The highest BCUT2D eigenvalue weighted by atomic mass is 16.5. The molecule has 0 spiro atoms. The van der Waals surface area contributed by atoms with E-state index in [-0.39, 0.29) is 12.5 Å². The maximum Gasteiger partial charge on any atom is 0.278 e. The first-order chi connectivity index (χ1) is 7.33. The summed E-state index contributed by atoms with van der Waals surface area (Å²) in [4.78, 5) is 10.1. The molecule has 2 aliphatic carbocycles. The first kappa shape index (κ1) is 9.21. The fraction of sp³-hybridized carbons (Fsp3) is 0.100. The normalized spacial score (nSPS) is 13.9. The summed E-state index contributed by atoms with van der Waals surface area (Å²) in [5.74, 6) is -0.206. The third-order valence-electron chi connectivity index (χ3n) is 1.93. The quantitative estimate of drug-likeness (QED) is 0.678. The van der Waals surface area contributed by atoms with Gasteiger partial charge in [0.15, 0.2) is 13.0 Å². The van der Waals surface area contributed by atoms with Crippen LogP contribution in [0, 0.1) is 11.3 Å². The van der Waals surface area contributed by atoms with Crippen LogP contribution in [-0.2, 0) is 9.53 Å². The summed E-state index contributed by atoms with van der Waals surface area (Å²) in [7, 11) is 0. The van der Waals surface area contributed by atoms with Crippen LogP contribution in [-0.4, -0.2) is 18.9 Å². The van der Waals surface area contributed by atoms with Gasteiger partial charge >= 0.3 is 0 Å². The highest BCUT2D eigenvalue weighted by molar-refractivity contribution is 5.93. The molecule has 0 unspecified atom stereocenters. The number of carbonyl (C=O) groups excluding carboxylic acids is 1. The Kier molecular flexibility index (Phi) is 2.33. The highest BCUT2D eigenvalue weighted by Crippen LogP contribution is 2.41. The fourth-order valence-corrected chi connectivity index (χ4v) is 1.21. The summed E-state index contributed by atoms with van der Waals surface area (Å²) in [6.07, 6.45) is 1.20. The molecule has 0 saturated carbocycles. The van der Waals surface area contributed by atoms with Crippen molar-refractivity contribution in [3.63, 3.8) is 0 Å². The van der Waals surface area contributed by atoms with Gasteiger partial charge in [0.1, 0.15) is 6.07 Å². The first-order valence-electron chi connectivity index (χ1n) is 4.28. The number of hydrazone groups is 1. The van der Waals surface area contributed by atoms with Gasteiger partial charge in [-0.3, -0.25) is 4.79 Å². The van der Waals surface area contributed by atoms with Crippen molar-refractivity contribution in [3.8, 4) is 17.2 Å². The lowest BCUT2D eigenvalue weighted by molar-refractivity contribution is -0.124. The summed E-state index contributed by atoms with van der Waals surface area (Å²) in [6.45, 7) is 0.0868. The van der Waals surface area contributed by atoms with E-state index in [0.29, 0.717) is 0 Å². The monoisotopic (exact) mass is 201 g/mol. The standard InChI is InChI=1S/C7H3N.C3H4N2O2/c8-4-7-5-2-1-3-6(5)7;6-3-1-7-2-4-5-3/h1-3H;2H,1H2,(H,5,6). The second kappa shape index (κ2) is 3.80. The lowest BCUT2D eigenvalue weighted by atomic mass is 10.5. The molecule has 0 aromatic carbocycles. The van der Waals surface area contributed by atoms with Gasteiger partial charge < -0.3 is 4.74 Å². The molecule has 5 nitrogen and oxygen atoms in total. The predicted molar refractivity (Wildman–Crippen MR) is 52.7 cm³/mol. The second-order valence-electron chi connectivity index (χ2n) is 2.92. The van der Waals surface area contributed by atoms with E-state index in [9.17, 15) is 4.79 Å². The summed E-state index contributed by atoms with van der Waals surface area (Å²) in [5, 5.41) is 11.6. The van der Waals surface area contributed by atoms with Crippen molar-refractivity contribution in [1.29, 1.82) is 5.26 Å². The molecule has 74 valence electrons. The smallest absolute Gasteiger partial charge is 0.278 e. The van der Waals surface area contributed by atoms with Crippen molar-refractivity contribution in [2.75, 3.05) is 6.61 Å². The van der Waals surface area contributed by atoms with Gasteiger partial charge in [-0.1, -0.05) is 18.2 Å². The molecule has 1 N–H and O–H groups in total. The van der Waals surface area contributed by atoms with Crippen LogP contribution in [0.5, 0.6) is 0 Å². The Hall–Kier alpha value is -2.35. The summed E-state index contributed by atoms with van der Waals surface area (Å²) >= 11 is 0. The maximum atomic E-state index is 10.1. The van der Waals surface area contributed by atoms with Gasteiger partial charge in [0, 0.05) is 11.1 Å². The minimum Gasteiger partial charge on any atom is -0.472 e. The minimum absolute atomic E-state index is 0.0868. The summed E-state index contributed by atoms with van der Waals surface area (Å²) < 4.78 is 4.48. The number of carbonyl (C=O) groups is 1. The van der Waals surface area contributed by atoms with E-state index in [1.54, 1.807) is 0 Å². The molecule has 5 heteroatoms. The SMILES string of the molecule is N#Cc1c2cccc1-2.O=C1COC=NN1. The molecule has 0 fully saturated rings. The van der Waals surface area contributed by atoms with Gasteiger partial charge in [0.25, 0.3) is 5.91 Å².